The number of carbonyl (C=O) groups excluding carboxylic acids is 1. The summed E-state index contributed by atoms with van der Waals surface area (Å²) in [6.45, 7) is 3.98. The van der Waals surface area contributed by atoms with Crippen LogP contribution in [-0.2, 0) is 6.42 Å². The van der Waals surface area contributed by atoms with Crippen LogP contribution in [0.25, 0.3) is 0 Å². The molecule has 1 heterocycles. The lowest BCUT2D eigenvalue weighted by atomic mass is 10.0. The first-order valence-corrected chi connectivity index (χ1v) is 8.46. The molecule has 0 spiro atoms. The molecule has 0 radical (unpaired) electrons. The van der Waals surface area contributed by atoms with Gasteiger partial charge in [0, 0.05) is 11.3 Å². The second-order valence-electron chi connectivity index (χ2n) is 4.99. The number of tetrazole rings is 1. The Hall–Kier alpha value is -2.09. The molecule has 0 unspecified atom stereocenters. The Morgan fingerprint density at radius 2 is 2.26 bits per heavy atom. The maximum Gasteiger partial charge on any atom is 0.230 e. The average Bonchev–Trinajstić information content (AvgIpc) is 3.03. The van der Waals surface area contributed by atoms with Crippen LogP contribution >= 0.6 is 11.8 Å². The van der Waals surface area contributed by atoms with Crippen molar-refractivity contribution in [3.05, 3.63) is 23.3 Å². The van der Waals surface area contributed by atoms with E-state index in [4.69, 9.17) is 4.74 Å². The lowest BCUT2D eigenvalue weighted by Crippen LogP contribution is -2.04. The van der Waals surface area contributed by atoms with E-state index in [1.54, 1.807) is 12.1 Å². The van der Waals surface area contributed by atoms with Gasteiger partial charge in [-0.15, -0.1) is 10.2 Å². The van der Waals surface area contributed by atoms with Crippen molar-refractivity contribution in [3.8, 4) is 11.5 Å². The lowest BCUT2D eigenvalue weighted by molar-refractivity contribution is 0.101. The first kappa shape index (κ1) is 17.3. The number of Topliss-reactive ketones (excluding diaryl/α,β-unsaturated/α-hetero) is 1. The first-order valence-electron chi connectivity index (χ1n) is 7.48. The predicted octanol–water partition coefficient (Wildman–Crippen LogP) is 2.62. The first-order chi connectivity index (χ1) is 11.1. The molecule has 0 fully saturated rings. The highest BCUT2D eigenvalue weighted by Crippen LogP contribution is 2.33. The molecule has 7 nitrogen and oxygen atoms in total. The molecule has 0 atom stereocenters. The summed E-state index contributed by atoms with van der Waals surface area (Å²) in [4.78, 5) is 11.5. The molecule has 0 aliphatic carbocycles. The van der Waals surface area contributed by atoms with Crippen LogP contribution in [0, 0.1) is 0 Å². The third-order valence-corrected chi connectivity index (χ3v) is 4.15. The number of ether oxygens (including phenoxy) is 1. The summed E-state index contributed by atoms with van der Waals surface area (Å²) < 4.78 is 5.78. The number of phenolic OH excluding ortho intramolecular Hbond substituents is 1. The van der Waals surface area contributed by atoms with E-state index in [2.05, 4.69) is 20.6 Å². The number of aromatic nitrogens is 4. The molecule has 0 amide bonds. The van der Waals surface area contributed by atoms with Crippen molar-refractivity contribution in [1.82, 2.24) is 20.6 Å². The van der Waals surface area contributed by atoms with Gasteiger partial charge in [0.05, 0.1) is 12.2 Å². The number of nitrogens with zero attached hydrogens (tertiary/aromatic N) is 3. The zero-order valence-electron chi connectivity index (χ0n) is 13.2. The fraction of sp³-hybridized carbons (Fsp3) is 0.467. The Morgan fingerprint density at radius 1 is 1.43 bits per heavy atom. The van der Waals surface area contributed by atoms with Crippen molar-refractivity contribution in [2.45, 2.75) is 38.3 Å². The summed E-state index contributed by atoms with van der Waals surface area (Å²) in [6, 6.07) is 3.37. The van der Waals surface area contributed by atoms with Gasteiger partial charge in [0.25, 0.3) is 0 Å². The van der Waals surface area contributed by atoms with Gasteiger partial charge in [-0.05, 0) is 37.1 Å². The minimum absolute atomic E-state index is 0.0398. The molecule has 8 heteroatoms. The number of phenols is 1. The molecule has 2 aromatic rings. The molecule has 2 rings (SSSR count). The van der Waals surface area contributed by atoms with Crippen LogP contribution in [0.1, 0.15) is 42.6 Å². The third kappa shape index (κ3) is 4.69. The molecule has 0 bridgehead atoms. The molecule has 1 aromatic heterocycles. The summed E-state index contributed by atoms with van der Waals surface area (Å²) in [6.07, 6.45) is 2.33. The molecule has 124 valence electrons. The van der Waals surface area contributed by atoms with Gasteiger partial charge < -0.3 is 9.84 Å². The van der Waals surface area contributed by atoms with Crippen molar-refractivity contribution < 1.29 is 14.6 Å². The maximum absolute atomic E-state index is 11.5. The normalized spacial score (nSPS) is 10.7. The van der Waals surface area contributed by atoms with Crippen molar-refractivity contribution in [3.63, 3.8) is 0 Å². The van der Waals surface area contributed by atoms with Gasteiger partial charge in [-0.2, -0.15) is 5.21 Å². The number of ketones is 1. The van der Waals surface area contributed by atoms with Crippen LogP contribution in [0.15, 0.2) is 17.3 Å². The van der Waals surface area contributed by atoms with Gasteiger partial charge >= 0.3 is 0 Å². The van der Waals surface area contributed by atoms with Crippen LogP contribution in [0.3, 0.4) is 0 Å². The lowest BCUT2D eigenvalue weighted by Gasteiger charge is -2.14. The number of aromatic hydroxyl groups is 1. The Balaban J connectivity index is 1.93. The number of hydrogen-bond acceptors (Lipinski definition) is 7. The smallest absolute Gasteiger partial charge is 0.230 e. The summed E-state index contributed by atoms with van der Waals surface area (Å²) >= 11 is 1.50. The van der Waals surface area contributed by atoms with E-state index < -0.39 is 0 Å². The monoisotopic (exact) mass is 336 g/mol. The summed E-state index contributed by atoms with van der Waals surface area (Å²) in [5.74, 6) is 1.33. The van der Waals surface area contributed by atoms with Crippen molar-refractivity contribution in [2.75, 3.05) is 12.4 Å². The Kier molecular flexibility index (Phi) is 6.40. The minimum atomic E-state index is -0.150. The highest BCUT2D eigenvalue weighted by atomic mass is 32.2. The molecule has 0 aliphatic rings. The maximum atomic E-state index is 11.5. The van der Waals surface area contributed by atoms with Crippen molar-refractivity contribution in [1.29, 1.82) is 0 Å². The molecule has 0 aliphatic heterocycles. The minimum Gasteiger partial charge on any atom is -0.507 e. The predicted molar refractivity (Wildman–Crippen MR) is 87.1 cm³/mol. The number of thioether (sulfide) groups is 1. The topological polar surface area (TPSA) is 101 Å². The summed E-state index contributed by atoms with van der Waals surface area (Å²) in [7, 11) is 0. The molecule has 0 saturated carbocycles. The van der Waals surface area contributed by atoms with Crippen LogP contribution in [0.5, 0.6) is 11.5 Å². The zero-order valence-corrected chi connectivity index (χ0v) is 14.0. The standard InChI is InChI=1S/C15H20N4O3S/c1-3-5-12-13(7-6-11(10(2)20)14(12)21)22-8-4-9-23-15-16-18-19-17-15/h6-7,21H,3-5,8-9H2,1-2H3,(H,16,17,18,19). The zero-order chi connectivity index (χ0) is 16.7. The van der Waals surface area contributed by atoms with E-state index in [9.17, 15) is 9.90 Å². The van der Waals surface area contributed by atoms with Gasteiger partial charge in [-0.25, -0.2) is 0 Å². The van der Waals surface area contributed by atoms with E-state index in [1.807, 2.05) is 6.92 Å². The van der Waals surface area contributed by atoms with Crippen molar-refractivity contribution in [2.24, 2.45) is 0 Å². The number of H-pyrrole nitrogens is 1. The van der Waals surface area contributed by atoms with Crippen LogP contribution in [-0.4, -0.2) is 43.9 Å². The van der Waals surface area contributed by atoms with Gasteiger partial charge in [0.2, 0.25) is 5.16 Å². The molecule has 1 aromatic carbocycles. The molecular weight excluding hydrogens is 316 g/mol. The van der Waals surface area contributed by atoms with Gasteiger partial charge in [0.1, 0.15) is 11.5 Å². The number of benzene rings is 1. The van der Waals surface area contributed by atoms with E-state index >= 15 is 0 Å². The quantitative estimate of drug-likeness (QED) is 0.412. The number of aromatic amines is 1. The van der Waals surface area contributed by atoms with E-state index in [0.29, 0.717) is 35.1 Å². The fourth-order valence-corrected chi connectivity index (χ4v) is 2.80. The second-order valence-corrected chi connectivity index (χ2v) is 6.05. The third-order valence-electron chi connectivity index (χ3n) is 3.22. The Labute approximate surface area is 138 Å². The Bertz CT molecular complexity index is 646. The largest absolute Gasteiger partial charge is 0.507 e. The SMILES string of the molecule is CCCc1c(OCCCSc2nn[nH]n2)ccc(C(C)=O)c1O. The molecule has 0 saturated heterocycles. The Morgan fingerprint density at radius 3 is 2.91 bits per heavy atom. The van der Waals surface area contributed by atoms with Crippen LogP contribution in [0.4, 0.5) is 0 Å². The number of rotatable bonds is 9. The van der Waals surface area contributed by atoms with Gasteiger partial charge in [-0.3, -0.25) is 4.79 Å². The van der Waals surface area contributed by atoms with E-state index in [-0.39, 0.29) is 11.5 Å². The van der Waals surface area contributed by atoms with Crippen LogP contribution < -0.4 is 4.74 Å². The average molecular weight is 336 g/mol. The highest BCUT2D eigenvalue weighted by molar-refractivity contribution is 7.99. The summed E-state index contributed by atoms with van der Waals surface area (Å²) in [5.41, 5.74) is 1.04. The van der Waals surface area contributed by atoms with Gasteiger partial charge in [0.15, 0.2) is 5.78 Å². The number of carbonyl (C=O) groups is 1. The van der Waals surface area contributed by atoms with Crippen LogP contribution in [0.2, 0.25) is 0 Å². The molecule has 23 heavy (non-hydrogen) atoms. The van der Waals surface area contributed by atoms with Gasteiger partial charge in [-0.1, -0.05) is 25.1 Å². The van der Waals surface area contributed by atoms with Crippen molar-refractivity contribution >= 4 is 17.5 Å². The van der Waals surface area contributed by atoms with E-state index in [0.717, 1.165) is 18.6 Å². The fourth-order valence-electron chi connectivity index (χ4n) is 2.15. The highest BCUT2D eigenvalue weighted by Gasteiger charge is 2.15. The number of nitrogens with one attached hydrogen (secondary N) is 1. The molecular formula is C15H20N4O3S. The summed E-state index contributed by atoms with van der Waals surface area (Å²) in [5, 5.41) is 24.5. The molecule has 2 N–H and O–H groups in total. The second kappa shape index (κ2) is 8.52. The van der Waals surface area contributed by atoms with E-state index in [1.165, 1.54) is 18.7 Å². The number of hydrogen-bond donors (Lipinski definition) is 2.